The van der Waals surface area contributed by atoms with E-state index in [-0.39, 0.29) is 18.2 Å². The van der Waals surface area contributed by atoms with Crippen molar-refractivity contribution in [2.45, 2.75) is 38.7 Å². The van der Waals surface area contributed by atoms with Gasteiger partial charge in [0.2, 0.25) is 10.0 Å². The second-order valence-corrected chi connectivity index (χ2v) is 9.23. The molecular weight excluding hydrogens is 366 g/mol. The highest BCUT2D eigenvalue weighted by Crippen LogP contribution is 2.35. The zero-order valence-electron chi connectivity index (χ0n) is 15.9. The van der Waals surface area contributed by atoms with Crippen LogP contribution >= 0.6 is 0 Å². The monoisotopic (exact) mass is 395 g/mol. The van der Waals surface area contributed by atoms with Gasteiger partial charge < -0.3 is 15.0 Å². The molecule has 0 unspecified atom stereocenters. The normalized spacial score (nSPS) is 21.1. The fraction of sp³-hybridized carbons (Fsp3) is 0.632. The lowest BCUT2D eigenvalue weighted by Gasteiger charge is -2.34. The first-order valence-electron chi connectivity index (χ1n) is 9.77. The number of benzene rings is 1. The van der Waals surface area contributed by atoms with Gasteiger partial charge in [0, 0.05) is 13.1 Å². The number of ether oxygens (including phenoxy) is 1. The van der Waals surface area contributed by atoms with Crippen LogP contribution in [0.5, 0.6) is 5.75 Å². The number of rotatable bonds is 6. The van der Waals surface area contributed by atoms with Gasteiger partial charge in [0.1, 0.15) is 5.75 Å². The average Bonchev–Trinajstić information content (AvgIpc) is 2.95. The van der Waals surface area contributed by atoms with Crippen LogP contribution < -0.4 is 14.4 Å². The molecular formula is C19H29N3O4S. The molecule has 7 nitrogen and oxygen atoms in total. The van der Waals surface area contributed by atoms with Crippen LogP contribution in [0, 0.1) is 0 Å². The van der Waals surface area contributed by atoms with Crippen molar-refractivity contribution >= 4 is 21.6 Å². The molecule has 8 heteroatoms. The lowest BCUT2D eigenvalue weighted by molar-refractivity contribution is -0.127. The lowest BCUT2D eigenvalue weighted by Crippen LogP contribution is -2.51. The van der Waals surface area contributed by atoms with E-state index in [0.717, 1.165) is 19.6 Å². The number of hydrogen-bond acceptors (Lipinski definition) is 5. The van der Waals surface area contributed by atoms with Crippen LogP contribution in [0.15, 0.2) is 24.3 Å². The second-order valence-electron chi connectivity index (χ2n) is 7.05. The molecule has 1 aromatic rings. The minimum atomic E-state index is -3.48. The molecule has 1 aromatic carbocycles. The first kappa shape index (κ1) is 19.9. The van der Waals surface area contributed by atoms with Gasteiger partial charge in [-0.05, 0) is 45.0 Å². The van der Waals surface area contributed by atoms with Crippen molar-refractivity contribution in [3.63, 3.8) is 0 Å². The van der Waals surface area contributed by atoms with E-state index in [4.69, 9.17) is 4.74 Å². The molecule has 2 heterocycles. The summed E-state index contributed by atoms with van der Waals surface area (Å²) in [6, 6.07) is 6.94. The Bertz CT molecular complexity index is 745. The number of para-hydroxylation sites is 2. The largest absolute Gasteiger partial charge is 0.476 e. The summed E-state index contributed by atoms with van der Waals surface area (Å²) >= 11 is 0. The minimum absolute atomic E-state index is 0.00271. The molecule has 0 aromatic heterocycles. The highest BCUT2D eigenvalue weighted by atomic mass is 32.2. The van der Waals surface area contributed by atoms with Crippen molar-refractivity contribution in [3.8, 4) is 5.75 Å². The molecule has 2 aliphatic heterocycles. The number of anilines is 1. The number of likely N-dealkylation sites (tertiary alicyclic amines) is 1. The van der Waals surface area contributed by atoms with Gasteiger partial charge in [-0.15, -0.1) is 0 Å². The summed E-state index contributed by atoms with van der Waals surface area (Å²) in [6.07, 6.45) is 4.13. The number of nitrogens with zero attached hydrogens (tertiary/aromatic N) is 2. The quantitative estimate of drug-likeness (QED) is 0.791. The van der Waals surface area contributed by atoms with Crippen LogP contribution in [-0.4, -0.2) is 63.8 Å². The van der Waals surface area contributed by atoms with Crippen LogP contribution in [0.2, 0.25) is 0 Å². The molecule has 1 N–H and O–H groups in total. The Morgan fingerprint density at radius 3 is 2.59 bits per heavy atom. The van der Waals surface area contributed by atoms with Crippen LogP contribution in [0.1, 0.15) is 32.6 Å². The van der Waals surface area contributed by atoms with E-state index in [2.05, 4.69) is 10.2 Å². The third-order valence-electron chi connectivity index (χ3n) is 5.15. The zero-order chi connectivity index (χ0) is 19.3. The van der Waals surface area contributed by atoms with E-state index in [0.29, 0.717) is 18.0 Å². The Morgan fingerprint density at radius 2 is 1.89 bits per heavy atom. The maximum atomic E-state index is 12.6. The molecule has 0 aliphatic carbocycles. The summed E-state index contributed by atoms with van der Waals surface area (Å²) in [6.45, 7) is 5.11. The Balaban J connectivity index is 1.62. The maximum absolute atomic E-state index is 12.6. The topological polar surface area (TPSA) is 79.0 Å². The van der Waals surface area contributed by atoms with E-state index in [1.807, 2.05) is 0 Å². The molecule has 0 radical (unpaired) electrons. The molecule has 1 amide bonds. The van der Waals surface area contributed by atoms with Gasteiger partial charge in [-0.1, -0.05) is 25.0 Å². The van der Waals surface area contributed by atoms with Crippen molar-refractivity contribution < 1.29 is 17.9 Å². The molecule has 3 rings (SSSR count). The van der Waals surface area contributed by atoms with Crippen LogP contribution in [0.3, 0.4) is 0 Å². The van der Waals surface area contributed by atoms with Crippen LogP contribution in [-0.2, 0) is 14.8 Å². The third kappa shape index (κ3) is 4.93. The van der Waals surface area contributed by atoms with E-state index < -0.39 is 16.1 Å². The van der Waals surface area contributed by atoms with E-state index in [1.165, 1.54) is 30.0 Å². The fourth-order valence-corrected chi connectivity index (χ4v) is 4.69. The average molecular weight is 396 g/mol. The lowest BCUT2D eigenvalue weighted by atomic mass is 10.2. The Hall–Kier alpha value is -1.80. The standard InChI is InChI=1S/C19H29N3O4S/c1-2-27(24,25)22-15-18(26-17-10-6-5-9-16(17)22)19(23)20-11-14-21-12-7-3-4-8-13-21/h5-6,9-10,18H,2-4,7-8,11-15H2,1H3,(H,20,23)/t18-/m0/s1. The minimum Gasteiger partial charge on any atom is -0.476 e. The van der Waals surface area contributed by atoms with E-state index in [9.17, 15) is 13.2 Å². The van der Waals surface area contributed by atoms with Crippen molar-refractivity contribution in [3.05, 3.63) is 24.3 Å². The van der Waals surface area contributed by atoms with Crippen molar-refractivity contribution in [2.75, 3.05) is 42.8 Å². The molecule has 0 spiro atoms. The smallest absolute Gasteiger partial charge is 0.263 e. The molecule has 1 fully saturated rings. The maximum Gasteiger partial charge on any atom is 0.263 e. The van der Waals surface area contributed by atoms with Crippen molar-refractivity contribution in [1.82, 2.24) is 10.2 Å². The summed E-state index contributed by atoms with van der Waals surface area (Å²) in [4.78, 5) is 15.0. The van der Waals surface area contributed by atoms with Gasteiger partial charge in [-0.2, -0.15) is 0 Å². The molecule has 27 heavy (non-hydrogen) atoms. The number of amides is 1. The van der Waals surface area contributed by atoms with Crippen molar-refractivity contribution in [2.24, 2.45) is 0 Å². The highest BCUT2D eigenvalue weighted by Gasteiger charge is 2.35. The molecule has 2 aliphatic rings. The number of hydrogen-bond donors (Lipinski definition) is 1. The van der Waals surface area contributed by atoms with Crippen LogP contribution in [0.25, 0.3) is 0 Å². The fourth-order valence-electron chi connectivity index (χ4n) is 3.57. The Morgan fingerprint density at radius 1 is 1.19 bits per heavy atom. The second kappa shape index (κ2) is 8.93. The van der Waals surface area contributed by atoms with Gasteiger partial charge in [0.25, 0.3) is 5.91 Å². The molecule has 0 bridgehead atoms. The van der Waals surface area contributed by atoms with Crippen LogP contribution in [0.4, 0.5) is 5.69 Å². The third-order valence-corrected chi connectivity index (χ3v) is 6.90. The number of fused-ring (bicyclic) bond motifs is 1. The molecule has 1 saturated heterocycles. The summed E-state index contributed by atoms with van der Waals surface area (Å²) < 4.78 is 32.0. The predicted molar refractivity (Wildman–Crippen MR) is 106 cm³/mol. The summed E-state index contributed by atoms with van der Waals surface area (Å²) in [5.74, 6) is 0.133. The van der Waals surface area contributed by atoms with Gasteiger partial charge in [-0.25, -0.2) is 8.42 Å². The number of carbonyl (C=O) groups excluding carboxylic acids is 1. The Labute approximate surface area is 161 Å². The molecule has 150 valence electrons. The summed E-state index contributed by atoms with van der Waals surface area (Å²) in [5.41, 5.74) is 0.493. The Kier molecular flexibility index (Phi) is 6.59. The van der Waals surface area contributed by atoms with Gasteiger partial charge in [-0.3, -0.25) is 9.10 Å². The number of nitrogens with one attached hydrogen (secondary N) is 1. The van der Waals surface area contributed by atoms with Gasteiger partial charge in [0.05, 0.1) is 18.0 Å². The summed E-state index contributed by atoms with van der Waals surface area (Å²) in [5, 5.41) is 2.91. The first-order valence-corrected chi connectivity index (χ1v) is 11.4. The number of carbonyl (C=O) groups is 1. The van der Waals surface area contributed by atoms with E-state index >= 15 is 0 Å². The highest BCUT2D eigenvalue weighted by molar-refractivity contribution is 7.92. The number of sulfonamides is 1. The van der Waals surface area contributed by atoms with Gasteiger partial charge in [0.15, 0.2) is 6.10 Å². The SMILES string of the molecule is CCS(=O)(=O)N1C[C@@H](C(=O)NCCN2CCCCCC2)Oc2ccccc21. The van der Waals surface area contributed by atoms with E-state index in [1.54, 1.807) is 31.2 Å². The van der Waals surface area contributed by atoms with Crippen molar-refractivity contribution in [1.29, 1.82) is 0 Å². The summed E-state index contributed by atoms with van der Waals surface area (Å²) in [7, 11) is -3.48. The zero-order valence-corrected chi connectivity index (χ0v) is 16.7. The predicted octanol–water partition coefficient (Wildman–Crippen LogP) is 1.60. The van der Waals surface area contributed by atoms with Gasteiger partial charge >= 0.3 is 0 Å². The first-order chi connectivity index (χ1) is 13.0. The molecule has 0 saturated carbocycles. The molecule has 1 atom stereocenters.